The Labute approximate surface area is 124 Å². The van der Waals surface area contributed by atoms with Gasteiger partial charge in [-0.2, -0.15) is 0 Å². The molecule has 110 valence electrons. The highest BCUT2D eigenvalue weighted by Crippen LogP contribution is 2.21. The molecule has 0 saturated carbocycles. The van der Waals surface area contributed by atoms with Crippen LogP contribution in [0.3, 0.4) is 0 Å². The average molecular weight is 284 g/mol. The minimum atomic E-state index is -0.0596. The summed E-state index contributed by atoms with van der Waals surface area (Å²) >= 11 is 0. The van der Waals surface area contributed by atoms with Gasteiger partial charge in [0.1, 0.15) is 5.76 Å². The van der Waals surface area contributed by atoms with Crippen molar-refractivity contribution >= 4 is 17.3 Å². The molecule has 4 nitrogen and oxygen atoms in total. The number of benzene rings is 1. The van der Waals surface area contributed by atoms with Crippen LogP contribution >= 0.6 is 0 Å². The largest absolute Gasteiger partial charge is 0.469 e. The Bertz CT molecular complexity index is 569. The van der Waals surface area contributed by atoms with E-state index in [0.717, 1.165) is 18.8 Å². The summed E-state index contributed by atoms with van der Waals surface area (Å²) in [7, 11) is 0. The number of hydrogen-bond donors (Lipinski definition) is 1. The van der Waals surface area contributed by atoms with Gasteiger partial charge in [0.2, 0.25) is 5.91 Å². The van der Waals surface area contributed by atoms with E-state index in [4.69, 9.17) is 4.42 Å². The molecule has 1 amide bonds. The lowest BCUT2D eigenvalue weighted by molar-refractivity contribution is -0.115. The third kappa shape index (κ3) is 3.66. The van der Waals surface area contributed by atoms with Crippen molar-refractivity contribution in [2.24, 2.45) is 0 Å². The summed E-state index contributed by atoms with van der Waals surface area (Å²) in [5, 5.41) is 2.89. The van der Waals surface area contributed by atoms with Crippen molar-refractivity contribution in [2.75, 3.05) is 23.3 Å². The van der Waals surface area contributed by atoms with Crippen LogP contribution < -0.4 is 10.2 Å². The number of furan rings is 1. The first-order valence-electron chi connectivity index (χ1n) is 7.48. The SMILES string of the molecule is O=C(Cc1ccco1)Nc1ccc(N2CCCCC2)cc1. The standard InChI is InChI=1S/C17H20N2O2/c20-17(13-16-5-4-12-21-16)18-14-6-8-15(9-7-14)19-10-2-1-3-11-19/h4-9,12H,1-3,10-11,13H2,(H,18,20). The zero-order chi connectivity index (χ0) is 14.5. The fourth-order valence-electron chi connectivity index (χ4n) is 2.68. The lowest BCUT2D eigenvalue weighted by Crippen LogP contribution is -2.29. The monoisotopic (exact) mass is 284 g/mol. The quantitative estimate of drug-likeness (QED) is 0.935. The summed E-state index contributed by atoms with van der Waals surface area (Å²) in [6, 6.07) is 11.7. The number of anilines is 2. The van der Waals surface area contributed by atoms with E-state index in [1.54, 1.807) is 18.4 Å². The second-order valence-corrected chi connectivity index (χ2v) is 5.40. The average Bonchev–Trinajstić information content (AvgIpc) is 3.02. The van der Waals surface area contributed by atoms with Crippen LogP contribution in [0.15, 0.2) is 47.1 Å². The number of carbonyl (C=O) groups is 1. The Morgan fingerprint density at radius 2 is 1.86 bits per heavy atom. The molecule has 1 N–H and O–H groups in total. The first-order chi connectivity index (χ1) is 10.3. The molecule has 2 heterocycles. The van der Waals surface area contributed by atoms with Gasteiger partial charge in [0.25, 0.3) is 0 Å². The molecule has 0 atom stereocenters. The van der Waals surface area contributed by atoms with Gasteiger partial charge in [-0.3, -0.25) is 4.79 Å². The van der Waals surface area contributed by atoms with E-state index < -0.39 is 0 Å². The molecule has 2 aromatic rings. The molecule has 0 aliphatic carbocycles. The molecule has 1 aliphatic heterocycles. The lowest BCUT2D eigenvalue weighted by atomic mass is 10.1. The highest BCUT2D eigenvalue weighted by molar-refractivity contribution is 5.92. The number of rotatable bonds is 4. The fourth-order valence-corrected chi connectivity index (χ4v) is 2.68. The van der Waals surface area contributed by atoms with Gasteiger partial charge in [-0.1, -0.05) is 0 Å². The van der Waals surface area contributed by atoms with Crippen molar-refractivity contribution in [1.82, 2.24) is 0 Å². The molecular weight excluding hydrogens is 264 g/mol. The van der Waals surface area contributed by atoms with Gasteiger partial charge in [-0.25, -0.2) is 0 Å². The predicted octanol–water partition coefficient (Wildman–Crippen LogP) is 3.45. The summed E-state index contributed by atoms with van der Waals surface area (Å²) in [6.07, 6.45) is 5.71. The third-order valence-corrected chi connectivity index (χ3v) is 3.79. The van der Waals surface area contributed by atoms with Crippen LogP contribution in [0.5, 0.6) is 0 Å². The number of amides is 1. The van der Waals surface area contributed by atoms with Crippen LogP contribution in [-0.4, -0.2) is 19.0 Å². The van der Waals surface area contributed by atoms with Crippen molar-refractivity contribution < 1.29 is 9.21 Å². The third-order valence-electron chi connectivity index (χ3n) is 3.79. The van der Waals surface area contributed by atoms with E-state index in [-0.39, 0.29) is 12.3 Å². The second kappa shape index (κ2) is 6.48. The Hall–Kier alpha value is -2.23. The Balaban J connectivity index is 1.57. The maximum atomic E-state index is 11.9. The van der Waals surface area contributed by atoms with Crippen molar-refractivity contribution in [3.05, 3.63) is 48.4 Å². The maximum Gasteiger partial charge on any atom is 0.231 e. The van der Waals surface area contributed by atoms with Gasteiger partial charge >= 0.3 is 0 Å². The summed E-state index contributed by atoms with van der Waals surface area (Å²) in [4.78, 5) is 14.3. The van der Waals surface area contributed by atoms with E-state index in [1.807, 2.05) is 12.1 Å². The Kier molecular flexibility index (Phi) is 4.24. The van der Waals surface area contributed by atoms with Crippen LogP contribution in [0.2, 0.25) is 0 Å². The van der Waals surface area contributed by atoms with E-state index in [1.165, 1.54) is 24.9 Å². The number of hydrogen-bond acceptors (Lipinski definition) is 3. The molecule has 0 unspecified atom stereocenters. The van der Waals surface area contributed by atoms with Crippen molar-refractivity contribution in [1.29, 1.82) is 0 Å². The Morgan fingerprint density at radius 3 is 2.52 bits per heavy atom. The van der Waals surface area contributed by atoms with Gasteiger partial charge in [0.05, 0.1) is 12.7 Å². The second-order valence-electron chi connectivity index (χ2n) is 5.40. The minimum absolute atomic E-state index is 0.0596. The van der Waals surface area contributed by atoms with E-state index in [0.29, 0.717) is 5.76 Å². The smallest absolute Gasteiger partial charge is 0.231 e. The highest BCUT2D eigenvalue weighted by atomic mass is 16.3. The van der Waals surface area contributed by atoms with Crippen molar-refractivity contribution in [3.63, 3.8) is 0 Å². The normalized spacial score (nSPS) is 15.0. The molecule has 1 fully saturated rings. The zero-order valence-corrected chi connectivity index (χ0v) is 12.0. The first-order valence-corrected chi connectivity index (χ1v) is 7.48. The molecule has 1 saturated heterocycles. The fraction of sp³-hybridized carbons (Fsp3) is 0.353. The topological polar surface area (TPSA) is 45.5 Å². The molecule has 21 heavy (non-hydrogen) atoms. The number of piperidine rings is 1. The molecule has 0 radical (unpaired) electrons. The van der Waals surface area contributed by atoms with Crippen molar-refractivity contribution in [2.45, 2.75) is 25.7 Å². The lowest BCUT2D eigenvalue weighted by Gasteiger charge is -2.28. The maximum absolute atomic E-state index is 11.9. The summed E-state index contributed by atoms with van der Waals surface area (Å²) in [6.45, 7) is 2.26. The van der Waals surface area contributed by atoms with Gasteiger partial charge in [0.15, 0.2) is 0 Å². The number of nitrogens with zero attached hydrogens (tertiary/aromatic N) is 1. The van der Waals surface area contributed by atoms with Gasteiger partial charge < -0.3 is 14.6 Å². The van der Waals surface area contributed by atoms with Crippen molar-refractivity contribution in [3.8, 4) is 0 Å². The minimum Gasteiger partial charge on any atom is -0.469 e. The molecule has 1 aromatic carbocycles. The van der Waals surface area contributed by atoms with Gasteiger partial charge in [0, 0.05) is 24.5 Å². The first kappa shape index (κ1) is 13.7. The van der Waals surface area contributed by atoms with E-state index in [9.17, 15) is 4.79 Å². The van der Waals surface area contributed by atoms with Crippen LogP contribution in [0.1, 0.15) is 25.0 Å². The summed E-state index contributed by atoms with van der Waals surface area (Å²) < 4.78 is 5.17. The summed E-state index contributed by atoms with van der Waals surface area (Å²) in [5.74, 6) is 0.619. The van der Waals surface area contributed by atoms with Crippen LogP contribution in [0.4, 0.5) is 11.4 Å². The van der Waals surface area contributed by atoms with E-state index in [2.05, 4.69) is 22.3 Å². The highest BCUT2D eigenvalue weighted by Gasteiger charge is 2.11. The predicted molar refractivity (Wildman–Crippen MR) is 83.5 cm³/mol. The van der Waals surface area contributed by atoms with E-state index >= 15 is 0 Å². The summed E-state index contributed by atoms with van der Waals surface area (Å²) in [5.41, 5.74) is 2.06. The zero-order valence-electron chi connectivity index (χ0n) is 12.0. The molecule has 1 aliphatic rings. The molecule has 0 bridgehead atoms. The Morgan fingerprint density at radius 1 is 1.10 bits per heavy atom. The molecule has 0 spiro atoms. The molecular formula is C17H20N2O2. The van der Waals surface area contributed by atoms with Gasteiger partial charge in [-0.05, 0) is 55.7 Å². The molecule has 1 aromatic heterocycles. The van der Waals surface area contributed by atoms with Crippen LogP contribution in [-0.2, 0) is 11.2 Å². The van der Waals surface area contributed by atoms with Crippen LogP contribution in [0, 0.1) is 0 Å². The molecule has 3 rings (SSSR count). The molecule has 4 heteroatoms. The van der Waals surface area contributed by atoms with Gasteiger partial charge in [-0.15, -0.1) is 0 Å². The van der Waals surface area contributed by atoms with Crippen LogP contribution in [0.25, 0.3) is 0 Å². The number of nitrogens with one attached hydrogen (secondary N) is 1. The number of carbonyl (C=O) groups excluding carboxylic acids is 1.